The van der Waals surface area contributed by atoms with Crippen LogP contribution in [0.3, 0.4) is 0 Å². The fourth-order valence-electron chi connectivity index (χ4n) is 2.08. The van der Waals surface area contributed by atoms with Crippen molar-refractivity contribution in [3.8, 4) is 5.88 Å². The molecule has 1 aliphatic carbocycles. The van der Waals surface area contributed by atoms with Crippen molar-refractivity contribution in [3.63, 3.8) is 0 Å². The molecule has 1 aromatic heterocycles. The molecule has 102 valence electrons. The Morgan fingerprint density at radius 3 is 3.11 bits per heavy atom. The summed E-state index contributed by atoms with van der Waals surface area (Å²) in [6.45, 7) is 2.80. The van der Waals surface area contributed by atoms with E-state index in [1.807, 2.05) is 6.92 Å². The molecule has 1 aliphatic rings. The fraction of sp³-hybridized carbons (Fsp3) is 0.467. The van der Waals surface area contributed by atoms with Gasteiger partial charge in [-0.3, -0.25) is 0 Å². The van der Waals surface area contributed by atoms with Gasteiger partial charge in [0.2, 0.25) is 5.88 Å². The molecule has 4 nitrogen and oxygen atoms in total. The highest BCUT2D eigenvalue weighted by molar-refractivity contribution is 5.91. The molecule has 0 saturated heterocycles. The first-order valence-electron chi connectivity index (χ1n) is 6.71. The maximum Gasteiger partial charge on any atom is 0.343 e. The van der Waals surface area contributed by atoms with Gasteiger partial charge in [-0.2, -0.15) is 0 Å². The minimum absolute atomic E-state index is 0.346. The van der Waals surface area contributed by atoms with E-state index in [1.165, 1.54) is 0 Å². The summed E-state index contributed by atoms with van der Waals surface area (Å²) in [6.07, 6.45) is 9.06. The Balaban J connectivity index is 1.93. The van der Waals surface area contributed by atoms with E-state index in [2.05, 4.69) is 17.1 Å². The summed E-state index contributed by atoms with van der Waals surface area (Å²) in [7, 11) is 0. The highest BCUT2D eigenvalue weighted by Crippen LogP contribution is 2.20. The number of rotatable bonds is 5. The quantitative estimate of drug-likeness (QED) is 0.604. The van der Waals surface area contributed by atoms with Crippen LogP contribution in [0.4, 0.5) is 0 Å². The summed E-state index contributed by atoms with van der Waals surface area (Å²) < 4.78 is 10.7. The van der Waals surface area contributed by atoms with Crippen molar-refractivity contribution in [2.75, 3.05) is 13.2 Å². The molecule has 1 atom stereocenters. The highest BCUT2D eigenvalue weighted by atomic mass is 16.5. The normalized spacial score (nSPS) is 18.1. The number of carbonyl (C=O) groups excluding carboxylic acids is 1. The van der Waals surface area contributed by atoms with Crippen LogP contribution in [-0.4, -0.2) is 24.2 Å². The number of pyridine rings is 1. The van der Waals surface area contributed by atoms with Crippen LogP contribution < -0.4 is 4.74 Å². The predicted molar refractivity (Wildman–Crippen MR) is 72.2 cm³/mol. The average Bonchev–Trinajstić information content (AvgIpc) is 2.47. The van der Waals surface area contributed by atoms with Gasteiger partial charge < -0.3 is 9.47 Å². The second kappa shape index (κ2) is 6.92. The van der Waals surface area contributed by atoms with Crippen LogP contribution in [0.2, 0.25) is 0 Å². The lowest BCUT2D eigenvalue weighted by Crippen LogP contribution is -2.16. The van der Waals surface area contributed by atoms with E-state index < -0.39 is 0 Å². The van der Waals surface area contributed by atoms with Gasteiger partial charge in [-0.15, -0.1) is 0 Å². The molecular formula is C15H19NO3. The van der Waals surface area contributed by atoms with Gasteiger partial charge in [-0.1, -0.05) is 12.2 Å². The Hall–Kier alpha value is -1.84. The van der Waals surface area contributed by atoms with Gasteiger partial charge >= 0.3 is 5.97 Å². The average molecular weight is 261 g/mol. The van der Waals surface area contributed by atoms with E-state index in [0.717, 1.165) is 19.3 Å². The van der Waals surface area contributed by atoms with Crippen molar-refractivity contribution in [2.45, 2.75) is 26.2 Å². The number of esters is 1. The summed E-state index contributed by atoms with van der Waals surface area (Å²) in [5, 5.41) is 0. The molecule has 2 rings (SSSR count). The molecule has 0 bridgehead atoms. The number of ether oxygens (including phenoxy) is 2. The Labute approximate surface area is 113 Å². The third-order valence-electron chi connectivity index (χ3n) is 3.10. The van der Waals surface area contributed by atoms with E-state index in [1.54, 1.807) is 18.3 Å². The van der Waals surface area contributed by atoms with Crippen LogP contribution in [0, 0.1) is 5.92 Å². The van der Waals surface area contributed by atoms with Crippen LogP contribution in [0.1, 0.15) is 36.5 Å². The highest BCUT2D eigenvalue weighted by Gasteiger charge is 2.17. The molecule has 19 heavy (non-hydrogen) atoms. The molecule has 1 heterocycles. The van der Waals surface area contributed by atoms with Gasteiger partial charge in [-0.25, -0.2) is 9.78 Å². The first-order valence-corrected chi connectivity index (χ1v) is 6.71. The Morgan fingerprint density at radius 1 is 1.47 bits per heavy atom. The van der Waals surface area contributed by atoms with Gasteiger partial charge in [0, 0.05) is 6.20 Å². The lowest BCUT2D eigenvalue weighted by molar-refractivity contribution is 0.0427. The molecule has 0 aliphatic heterocycles. The van der Waals surface area contributed by atoms with Gasteiger partial charge in [0.25, 0.3) is 0 Å². The van der Waals surface area contributed by atoms with Crippen LogP contribution in [0.25, 0.3) is 0 Å². The molecule has 0 aromatic carbocycles. The molecule has 0 spiro atoms. The minimum atomic E-state index is -0.355. The number of carbonyl (C=O) groups is 1. The third kappa shape index (κ3) is 3.81. The number of nitrogens with zero attached hydrogens (tertiary/aromatic N) is 1. The van der Waals surface area contributed by atoms with E-state index in [9.17, 15) is 4.79 Å². The first kappa shape index (κ1) is 13.6. The minimum Gasteiger partial charge on any atom is -0.477 e. The molecule has 1 unspecified atom stereocenters. The lowest BCUT2D eigenvalue weighted by Gasteiger charge is -2.17. The molecule has 0 saturated carbocycles. The maximum absolute atomic E-state index is 12.0. The fourth-order valence-corrected chi connectivity index (χ4v) is 2.08. The van der Waals surface area contributed by atoms with Crippen molar-refractivity contribution < 1.29 is 14.3 Å². The maximum atomic E-state index is 12.0. The zero-order valence-electron chi connectivity index (χ0n) is 11.2. The van der Waals surface area contributed by atoms with Crippen molar-refractivity contribution in [1.82, 2.24) is 4.98 Å². The molecule has 0 radical (unpaired) electrons. The van der Waals surface area contributed by atoms with Crippen molar-refractivity contribution in [3.05, 3.63) is 36.0 Å². The summed E-state index contributed by atoms with van der Waals surface area (Å²) >= 11 is 0. The summed E-state index contributed by atoms with van der Waals surface area (Å²) in [5.74, 6) is 0.422. The molecule has 0 fully saturated rings. The van der Waals surface area contributed by atoms with E-state index >= 15 is 0 Å². The molecule has 0 amide bonds. The summed E-state index contributed by atoms with van der Waals surface area (Å²) in [5.41, 5.74) is 0.399. The van der Waals surface area contributed by atoms with E-state index in [4.69, 9.17) is 9.47 Å². The smallest absolute Gasteiger partial charge is 0.343 e. The lowest BCUT2D eigenvalue weighted by atomic mass is 9.95. The van der Waals surface area contributed by atoms with Crippen molar-refractivity contribution in [2.24, 2.45) is 5.92 Å². The second-order valence-electron chi connectivity index (χ2n) is 4.54. The Kier molecular flexibility index (Phi) is 4.95. The molecule has 4 heteroatoms. The Morgan fingerprint density at radius 2 is 2.37 bits per heavy atom. The summed E-state index contributed by atoms with van der Waals surface area (Å²) in [4.78, 5) is 16.1. The first-order chi connectivity index (χ1) is 9.31. The van der Waals surface area contributed by atoms with Crippen LogP contribution in [-0.2, 0) is 4.74 Å². The van der Waals surface area contributed by atoms with Crippen molar-refractivity contribution in [1.29, 1.82) is 0 Å². The van der Waals surface area contributed by atoms with Gasteiger partial charge in [0.15, 0.2) is 0 Å². The number of aromatic nitrogens is 1. The number of hydrogen-bond donors (Lipinski definition) is 0. The molecule has 0 N–H and O–H groups in total. The second-order valence-corrected chi connectivity index (χ2v) is 4.54. The summed E-state index contributed by atoms with van der Waals surface area (Å²) in [6, 6.07) is 3.39. The zero-order valence-corrected chi connectivity index (χ0v) is 11.2. The molecule has 1 aromatic rings. The van der Waals surface area contributed by atoms with Gasteiger partial charge in [0.1, 0.15) is 5.56 Å². The van der Waals surface area contributed by atoms with Crippen LogP contribution in [0.15, 0.2) is 30.5 Å². The Bertz CT molecular complexity index is 456. The SMILES string of the molecule is CCOc1ncccc1C(=O)OCC1CC=CCC1. The standard InChI is InChI=1S/C15H19NO3/c1-2-18-14-13(9-6-10-16-14)15(17)19-11-12-7-4-3-5-8-12/h3-4,6,9-10,12H,2,5,7-8,11H2,1H3. The zero-order chi connectivity index (χ0) is 13.5. The predicted octanol–water partition coefficient (Wildman–Crippen LogP) is 2.99. The monoisotopic (exact) mass is 261 g/mol. The van der Waals surface area contributed by atoms with E-state index in [0.29, 0.717) is 30.6 Å². The van der Waals surface area contributed by atoms with Crippen LogP contribution in [0.5, 0.6) is 5.88 Å². The van der Waals surface area contributed by atoms with Gasteiger partial charge in [-0.05, 0) is 44.2 Å². The van der Waals surface area contributed by atoms with Crippen molar-refractivity contribution >= 4 is 5.97 Å². The number of allylic oxidation sites excluding steroid dienone is 2. The van der Waals surface area contributed by atoms with E-state index in [-0.39, 0.29) is 5.97 Å². The largest absolute Gasteiger partial charge is 0.477 e. The van der Waals surface area contributed by atoms with Gasteiger partial charge in [0.05, 0.1) is 13.2 Å². The number of hydrogen-bond acceptors (Lipinski definition) is 4. The third-order valence-corrected chi connectivity index (χ3v) is 3.10. The molecular weight excluding hydrogens is 242 g/mol. The van der Waals surface area contributed by atoms with Crippen LogP contribution >= 0.6 is 0 Å². The topological polar surface area (TPSA) is 48.4 Å².